The molecule has 0 saturated carbocycles. The smallest absolute Gasteiger partial charge is 0.361 e. The highest BCUT2D eigenvalue weighted by molar-refractivity contribution is 5.92. The first-order valence-electron chi connectivity index (χ1n) is 8.68. The van der Waals surface area contributed by atoms with Crippen LogP contribution in [-0.2, 0) is 11.3 Å². The molecule has 0 radical (unpaired) electrons. The first-order valence-corrected chi connectivity index (χ1v) is 8.68. The number of benzene rings is 2. The van der Waals surface area contributed by atoms with Gasteiger partial charge >= 0.3 is 5.97 Å². The molecular weight excluding hydrogens is 342 g/mol. The van der Waals surface area contributed by atoms with Crippen LogP contribution < -0.4 is 4.74 Å². The standard InChI is InChI=1S/C21H21N3O3/c1-3-27-21(25)20-19(14-11-16-9-12-18(26-2)13-10-16)24(23-22-20)15-17-7-5-4-6-8-17/h4-14H,3,15H2,1-2H3/b14-11+. The van der Waals surface area contributed by atoms with E-state index in [1.807, 2.05) is 66.7 Å². The topological polar surface area (TPSA) is 66.2 Å². The van der Waals surface area contributed by atoms with E-state index < -0.39 is 5.97 Å². The highest BCUT2D eigenvalue weighted by Crippen LogP contribution is 2.17. The predicted molar refractivity (Wildman–Crippen MR) is 103 cm³/mol. The van der Waals surface area contributed by atoms with Gasteiger partial charge in [0.1, 0.15) is 5.75 Å². The molecular formula is C21H21N3O3. The predicted octanol–water partition coefficient (Wildman–Crippen LogP) is 3.68. The molecule has 0 saturated heterocycles. The molecule has 27 heavy (non-hydrogen) atoms. The second kappa shape index (κ2) is 8.80. The Labute approximate surface area is 158 Å². The van der Waals surface area contributed by atoms with E-state index in [2.05, 4.69) is 10.3 Å². The lowest BCUT2D eigenvalue weighted by molar-refractivity contribution is 0.0519. The summed E-state index contributed by atoms with van der Waals surface area (Å²) in [6, 6.07) is 17.5. The summed E-state index contributed by atoms with van der Waals surface area (Å²) in [6.07, 6.45) is 3.74. The fraction of sp³-hybridized carbons (Fsp3) is 0.190. The summed E-state index contributed by atoms with van der Waals surface area (Å²) in [4.78, 5) is 12.2. The van der Waals surface area contributed by atoms with E-state index in [0.29, 0.717) is 12.2 Å². The molecule has 1 heterocycles. The van der Waals surface area contributed by atoms with Gasteiger partial charge in [-0.15, -0.1) is 5.10 Å². The molecule has 0 bridgehead atoms. The lowest BCUT2D eigenvalue weighted by Gasteiger charge is -2.05. The van der Waals surface area contributed by atoms with Gasteiger partial charge in [0.25, 0.3) is 0 Å². The zero-order valence-electron chi connectivity index (χ0n) is 15.3. The molecule has 0 amide bonds. The Bertz CT molecular complexity index is 916. The van der Waals surface area contributed by atoms with Crippen LogP contribution in [0.2, 0.25) is 0 Å². The third-order valence-corrected chi connectivity index (χ3v) is 3.97. The van der Waals surface area contributed by atoms with Crippen molar-refractivity contribution in [3.63, 3.8) is 0 Å². The van der Waals surface area contributed by atoms with Crippen LogP contribution in [0.3, 0.4) is 0 Å². The number of methoxy groups -OCH3 is 1. The van der Waals surface area contributed by atoms with E-state index in [-0.39, 0.29) is 12.3 Å². The Kier molecular flexibility index (Phi) is 5.99. The Morgan fingerprint density at radius 1 is 1.07 bits per heavy atom. The molecule has 6 nitrogen and oxygen atoms in total. The largest absolute Gasteiger partial charge is 0.497 e. The van der Waals surface area contributed by atoms with Gasteiger partial charge in [-0.1, -0.05) is 53.8 Å². The second-order valence-corrected chi connectivity index (χ2v) is 5.79. The van der Waals surface area contributed by atoms with E-state index in [4.69, 9.17) is 9.47 Å². The molecule has 0 unspecified atom stereocenters. The summed E-state index contributed by atoms with van der Waals surface area (Å²) in [7, 11) is 1.63. The van der Waals surface area contributed by atoms with Crippen molar-refractivity contribution >= 4 is 18.1 Å². The molecule has 3 aromatic rings. The van der Waals surface area contributed by atoms with Gasteiger partial charge in [-0.2, -0.15) is 0 Å². The molecule has 6 heteroatoms. The van der Waals surface area contributed by atoms with Crippen LogP contribution in [0, 0.1) is 0 Å². The third kappa shape index (κ3) is 4.61. The van der Waals surface area contributed by atoms with E-state index in [1.165, 1.54) is 0 Å². The lowest BCUT2D eigenvalue weighted by atomic mass is 10.1. The number of aromatic nitrogens is 3. The molecule has 0 aliphatic rings. The van der Waals surface area contributed by atoms with Gasteiger partial charge in [-0.25, -0.2) is 9.48 Å². The zero-order chi connectivity index (χ0) is 19.1. The van der Waals surface area contributed by atoms with Crippen LogP contribution in [-0.4, -0.2) is 34.7 Å². The van der Waals surface area contributed by atoms with Crippen molar-refractivity contribution in [1.82, 2.24) is 15.0 Å². The van der Waals surface area contributed by atoms with E-state index in [0.717, 1.165) is 16.9 Å². The van der Waals surface area contributed by atoms with Gasteiger partial charge in [0.2, 0.25) is 0 Å². The van der Waals surface area contributed by atoms with E-state index >= 15 is 0 Å². The summed E-state index contributed by atoms with van der Waals surface area (Å²) in [5.74, 6) is 0.307. The van der Waals surface area contributed by atoms with Crippen molar-refractivity contribution in [2.45, 2.75) is 13.5 Å². The average molecular weight is 363 g/mol. The number of ether oxygens (including phenoxy) is 2. The molecule has 0 aliphatic heterocycles. The number of nitrogens with zero attached hydrogens (tertiary/aromatic N) is 3. The van der Waals surface area contributed by atoms with Gasteiger partial charge in [-0.05, 0) is 36.3 Å². The first kappa shape index (κ1) is 18.4. The van der Waals surface area contributed by atoms with Crippen LogP contribution in [0.25, 0.3) is 12.2 Å². The highest BCUT2D eigenvalue weighted by Gasteiger charge is 2.19. The zero-order valence-corrected chi connectivity index (χ0v) is 15.3. The fourth-order valence-electron chi connectivity index (χ4n) is 2.59. The third-order valence-electron chi connectivity index (χ3n) is 3.97. The number of rotatable bonds is 7. The number of carbonyl (C=O) groups is 1. The molecule has 0 atom stereocenters. The summed E-state index contributed by atoms with van der Waals surface area (Å²) in [5.41, 5.74) is 2.85. The van der Waals surface area contributed by atoms with Crippen molar-refractivity contribution in [2.24, 2.45) is 0 Å². The van der Waals surface area contributed by atoms with Gasteiger partial charge in [0.15, 0.2) is 5.69 Å². The fourth-order valence-corrected chi connectivity index (χ4v) is 2.59. The summed E-state index contributed by atoms with van der Waals surface area (Å²) in [6.45, 7) is 2.56. The van der Waals surface area contributed by atoms with Crippen LogP contribution in [0.1, 0.15) is 34.2 Å². The van der Waals surface area contributed by atoms with Gasteiger partial charge in [-0.3, -0.25) is 0 Å². The Morgan fingerprint density at radius 3 is 2.48 bits per heavy atom. The highest BCUT2D eigenvalue weighted by atomic mass is 16.5. The number of hydrogen-bond donors (Lipinski definition) is 0. The number of hydrogen-bond acceptors (Lipinski definition) is 5. The van der Waals surface area contributed by atoms with E-state index in [9.17, 15) is 4.79 Å². The normalized spacial score (nSPS) is 10.9. The summed E-state index contributed by atoms with van der Waals surface area (Å²) in [5, 5.41) is 8.19. The van der Waals surface area contributed by atoms with Crippen LogP contribution in [0.5, 0.6) is 5.75 Å². The molecule has 3 rings (SSSR count). The molecule has 0 aliphatic carbocycles. The molecule has 2 aromatic carbocycles. The van der Waals surface area contributed by atoms with Crippen LogP contribution in [0.15, 0.2) is 54.6 Å². The molecule has 138 valence electrons. The van der Waals surface area contributed by atoms with Gasteiger partial charge in [0, 0.05) is 0 Å². The number of carbonyl (C=O) groups excluding carboxylic acids is 1. The minimum absolute atomic E-state index is 0.206. The second-order valence-electron chi connectivity index (χ2n) is 5.79. The SMILES string of the molecule is CCOC(=O)c1nnn(Cc2ccccc2)c1/C=C/c1ccc(OC)cc1. The first-order chi connectivity index (χ1) is 13.2. The monoisotopic (exact) mass is 363 g/mol. The minimum Gasteiger partial charge on any atom is -0.497 e. The maximum absolute atomic E-state index is 12.2. The maximum Gasteiger partial charge on any atom is 0.361 e. The molecule has 0 N–H and O–H groups in total. The Balaban J connectivity index is 1.92. The van der Waals surface area contributed by atoms with E-state index in [1.54, 1.807) is 18.7 Å². The average Bonchev–Trinajstić information content (AvgIpc) is 3.10. The van der Waals surface area contributed by atoms with Crippen molar-refractivity contribution in [2.75, 3.05) is 13.7 Å². The Hall–Kier alpha value is -3.41. The minimum atomic E-state index is -0.480. The van der Waals surface area contributed by atoms with Crippen molar-refractivity contribution in [1.29, 1.82) is 0 Å². The molecule has 1 aromatic heterocycles. The molecule has 0 fully saturated rings. The van der Waals surface area contributed by atoms with Crippen LogP contribution in [0.4, 0.5) is 0 Å². The van der Waals surface area contributed by atoms with Crippen LogP contribution >= 0.6 is 0 Å². The summed E-state index contributed by atoms with van der Waals surface area (Å²) >= 11 is 0. The summed E-state index contributed by atoms with van der Waals surface area (Å²) < 4.78 is 12.0. The number of esters is 1. The van der Waals surface area contributed by atoms with Crippen molar-refractivity contribution in [3.8, 4) is 5.75 Å². The van der Waals surface area contributed by atoms with Crippen molar-refractivity contribution in [3.05, 3.63) is 77.1 Å². The van der Waals surface area contributed by atoms with Gasteiger partial charge in [0.05, 0.1) is 26.0 Å². The quantitative estimate of drug-likeness (QED) is 0.599. The lowest BCUT2D eigenvalue weighted by Crippen LogP contribution is -2.09. The Morgan fingerprint density at radius 2 is 1.81 bits per heavy atom. The maximum atomic E-state index is 12.2. The molecule has 0 spiro atoms. The van der Waals surface area contributed by atoms with Gasteiger partial charge < -0.3 is 9.47 Å². The van der Waals surface area contributed by atoms with Crippen molar-refractivity contribution < 1.29 is 14.3 Å².